The first kappa shape index (κ1) is 23.2. The number of ether oxygens (including phenoxy) is 1. The highest BCUT2D eigenvalue weighted by Gasteiger charge is 2.38. The molecule has 2 heterocycles. The number of para-hydroxylation sites is 1. The molecule has 0 aromatic heterocycles. The average molecular weight is 469 g/mol. The Labute approximate surface area is 194 Å². The lowest BCUT2D eigenvalue weighted by molar-refractivity contribution is -0.117. The number of benzene rings is 2. The van der Waals surface area contributed by atoms with Crippen LogP contribution in [-0.2, 0) is 25.0 Å². The molecule has 0 atom stereocenters. The second kappa shape index (κ2) is 8.76. The first-order valence-electron chi connectivity index (χ1n) is 11.0. The van der Waals surface area contributed by atoms with E-state index in [0.29, 0.717) is 13.1 Å². The van der Waals surface area contributed by atoms with Crippen LogP contribution in [0.3, 0.4) is 0 Å². The lowest BCUT2D eigenvalue weighted by Crippen LogP contribution is -2.28. The van der Waals surface area contributed by atoms with E-state index < -0.39 is 22.6 Å². The molecule has 2 aromatic carbocycles. The van der Waals surface area contributed by atoms with Crippen LogP contribution in [-0.4, -0.2) is 51.2 Å². The zero-order valence-electron chi connectivity index (χ0n) is 19.1. The van der Waals surface area contributed by atoms with Crippen LogP contribution in [0.4, 0.5) is 5.69 Å². The minimum atomic E-state index is -3.64. The summed E-state index contributed by atoms with van der Waals surface area (Å²) in [5, 5.41) is 0. The number of carbonyl (C=O) groups is 2. The van der Waals surface area contributed by atoms with Crippen LogP contribution in [0.25, 0.3) is 0 Å². The number of ketones is 1. The van der Waals surface area contributed by atoms with Gasteiger partial charge in [-0.3, -0.25) is 4.79 Å². The highest BCUT2D eigenvalue weighted by Crippen LogP contribution is 2.46. The van der Waals surface area contributed by atoms with Gasteiger partial charge in [0.15, 0.2) is 12.4 Å². The molecule has 0 N–H and O–H groups in total. The van der Waals surface area contributed by atoms with Gasteiger partial charge in [-0.2, -0.15) is 4.31 Å². The van der Waals surface area contributed by atoms with Crippen LogP contribution >= 0.6 is 0 Å². The number of hydrogen-bond acceptors (Lipinski definition) is 6. The molecule has 0 bridgehead atoms. The number of esters is 1. The van der Waals surface area contributed by atoms with Gasteiger partial charge in [0.25, 0.3) is 0 Å². The molecule has 1 fully saturated rings. The summed E-state index contributed by atoms with van der Waals surface area (Å²) in [7, 11) is -1.74. The molecular weight excluding hydrogens is 440 g/mol. The molecule has 0 spiro atoms. The fourth-order valence-electron chi connectivity index (χ4n) is 4.53. The largest absolute Gasteiger partial charge is 0.454 e. The molecular formula is C25H28N2O5S. The van der Waals surface area contributed by atoms with Gasteiger partial charge in [0.1, 0.15) is 0 Å². The third-order valence-electron chi connectivity index (χ3n) is 6.36. The van der Waals surface area contributed by atoms with E-state index in [1.807, 2.05) is 50.1 Å². The van der Waals surface area contributed by atoms with E-state index in [-0.39, 0.29) is 21.7 Å². The smallest absolute Gasteiger partial charge is 0.338 e. The molecule has 2 aliphatic rings. The third-order valence-corrected chi connectivity index (χ3v) is 8.25. The zero-order valence-corrected chi connectivity index (χ0v) is 19.9. The molecule has 0 aliphatic carbocycles. The van der Waals surface area contributed by atoms with E-state index in [1.165, 1.54) is 34.6 Å². The monoisotopic (exact) mass is 468 g/mol. The minimum absolute atomic E-state index is 0.0550. The number of anilines is 1. The van der Waals surface area contributed by atoms with Gasteiger partial charge in [-0.15, -0.1) is 0 Å². The average Bonchev–Trinajstić information content (AvgIpc) is 3.41. The molecule has 0 unspecified atom stereocenters. The molecule has 174 valence electrons. The summed E-state index contributed by atoms with van der Waals surface area (Å²) in [5.41, 5.74) is 2.72. The fraction of sp³-hybridized carbons (Fsp3) is 0.360. The molecule has 33 heavy (non-hydrogen) atoms. The predicted molar refractivity (Wildman–Crippen MR) is 126 cm³/mol. The summed E-state index contributed by atoms with van der Waals surface area (Å²) in [6, 6.07) is 13.7. The minimum Gasteiger partial charge on any atom is -0.454 e. The Kier molecular flexibility index (Phi) is 6.16. The number of allylic oxidation sites excluding steroid dienone is 1. The molecule has 0 amide bonds. The maximum absolute atomic E-state index is 12.8. The standard InChI is InChI=1S/C25H28N2O5S/c1-25(2)21-11-4-5-12-22(21)26(3)23(25)16-19(28)17-32-24(29)18-9-8-10-20(15-18)33(30,31)27-13-6-7-14-27/h4-5,8-12,15-16H,6-7,13-14,17H2,1-3H3. The highest BCUT2D eigenvalue weighted by molar-refractivity contribution is 7.89. The van der Waals surface area contributed by atoms with Crippen molar-refractivity contribution in [2.45, 2.75) is 37.0 Å². The lowest BCUT2D eigenvalue weighted by atomic mass is 9.83. The molecule has 2 aromatic rings. The van der Waals surface area contributed by atoms with Crippen LogP contribution in [0.1, 0.15) is 42.6 Å². The molecule has 7 nitrogen and oxygen atoms in total. The van der Waals surface area contributed by atoms with Gasteiger partial charge in [0.05, 0.1) is 10.5 Å². The number of hydrogen-bond donors (Lipinski definition) is 0. The predicted octanol–water partition coefficient (Wildman–Crippen LogP) is 3.51. The van der Waals surface area contributed by atoms with Crippen LogP contribution in [0.15, 0.2) is 65.2 Å². The van der Waals surface area contributed by atoms with Gasteiger partial charge in [0.2, 0.25) is 10.0 Å². The lowest BCUT2D eigenvalue weighted by Gasteiger charge is -2.23. The summed E-state index contributed by atoms with van der Waals surface area (Å²) >= 11 is 0. The molecule has 8 heteroatoms. The molecule has 1 saturated heterocycles. The fourth-order valence-corrected chi connectivity index (χ4v) is 6.10. The summed E-state index contributed by atoms with van der Waals surface area (Å²) < 4.78 is 32.2. The normalized spacial score (nSPS) is 19.0. The van der Waals surface area contributed by atoms with Crippen molar-refractivity contribution in [3.8, 4) is 0 Å². The van der Waals surface area contributed by atoms with Crippen molar-refractivity contribution in [1.29, 1.82) is 0 Å². The molecule has 4 rings (SSSR count). The van der Waals surface area contributed by atoms with Crippen molar-refractivity contribution in [3.05, 3.63) is 71.4 Å². The van der Waals surface area contributed by atoms with E-state index in [1.54, 1.807) is 0 Å². The maximum Gasteiger partial charge on any atom is 0.338 e. The van der Waals surface area contributed by atoms with Crippen molar-refractivity contribution in [1.82, 2.24) is 4.31 Å². The topological polar surface area (TPSA) is 84.0 Å². The number of sulfonamides is 1. The summed E-state index contributed by atoms with van der Waals surface area (Å²) in [6.07, 6.45) is 3.17. The quantitative estimate of drug-likeness (QED) is 0.477. The highest BCUT2D eigenvalue weighted by atomic mass is 32.2. The SMILES string of the molecule is CN1C(=CC(=O)COC(=O)c2cccc(S(=O)(=O)N3CCCC3)c2)C(C)(C)c2ccccc21. The van der Waals surface area contributed by atoms with E-state index in [2.05, 4.69) is 0 Å². The second-order valence-corrected chi connectivity index (χ2v) is 10.9. The Balaban J connectivity index is 1.45. The third kappa shape index (κ3) is 4.32. The van der Waals surface area contributed by atoms with Crippen LogP contribution in [0.2, 0.25) is 0 Å². The number of likely N-dealkylation sites (N-methyl/N-ethyl adjacent to an activating group) is 1. The Morgan fingerprint density at radius 3 is 2.45 bits per heavy atom. The summed E-state index contributed by atoms with van der Waals surface area (Å²) in [4.78, 5) is 27.2. The Hall–Kier alpha value is -2.97. The van der Waals surface area contributed by atoms with Gasteiger partial charge in [-0.1, -0.05) is 38.1 Å². The maximum atomic E-state index is 12.8. The Morgan fingerprint density at radius 2 is 1.76 bits per heavy atom. The first-order chi connectivity index (χ1) is 15.6. The zero-order chi connectivity index (χ0) is 23.8. The van der Waals surface area contributed by atoms with Crippen molar-refractivity contribution in [2.24, 2.45) is 0 Å². The molecule has 0 radical (unpaired) electrons. The van der Waals surface area contributed by atoms with Gasteiger partial charge >= 0.3 is 5.97 Å². The van der Waals surface area contributed by atoms with Gasteiger partial charge in [-0.05, 0) is 42.7 Å². The number of carbonyl (C=O) groups excluding carboxylic acids is 2. The van der Waals surface area contributed by atoms with E-state index in [0.717, 1.165) is 29.8 Å². The summed E-state index contributed by atoms with van der Waals surface area (Å²) in [5.74, 6) is -1.07. The summed E-state index contributed by atoms with van der Waals surface area (Å²) in [6.45, 7) is 4.63. The van der Waals surface area contributed by atoms with Gasteiger partial charge in [-0.25, -0.2) is 13.2 Å². The Morgan fingerprint density at radius 1 is 1.06 bits per heavy atom. The van der Waals surface area contributed by atoms with Crippen LogP contribution < -0.4 is 4.90 Å². The van der Waals surface area contributed by atoms with Crippen LogP contribution in [0, 0.1) is 0 Å². The van der Waals surface area contributed by atoms with Crippen LogP contribution in [0.5, 0.6) is 0 Å². The number of rotatable bonds is 6. The molecule has 0 saturated carbocycles. The van der Waals surface area contributed by atoms with Crippen molar-refractivity contribution < 1.29 is 22.7 Å². The number of fused-ring (bicyclic) bond motifs is 1. The second-order valence-electron chi connectivity index (χ2n) is 8.91. The van der Waals surface area contributed by atoms with E-state index in [4.69, 9.17) is 4.74 Å². The van der Waals surface area contributed by atoms with Crippen molar-refractivity contribution in [3.63, 3.8) is 0 Å². The Bertz CT molecular complexity index is 1230. The van der Waals surface area contributed by atoms with Crippen molar-refractivity contribution >= 4 is 27.5 Å². The van der Waals surface area contributed by atoms with Crippen molar-refractivity contribution in [2.75, 3.05) is 31.6 Å². The van der Waals surface area contributed by atoms with E-state index in [9.17, 15) is 18.0 Å². The van der Waals surface area contributed by atoms with Gasteiger partial charge in [0, 0.05) is 43.0 Å². The molecule has 2 aliphatic heterocycles. The van der Waals surface area contributed by atoms with Gasteiger partial charge < -0.3 is 9.64 Å². The van der Waals surface area contributed by atoms with E-state index >= 15 is 0 Å². The first-order valence-corrected chi connectivity index (χ1v) is 12.4. The number of nitrogens with zero attached hydrogens (tertiary/aromatic N) is 2.